The average Bonchev–Trinajstić information content (AvgIpc) is 3.21. The van der Waals surface area contributed by atoms with Gasteiger partial charge in [-0.25, -0.2) is 14.8 Å². The quantitative estimate of drug-likeness (QED) is 0.397. The summed E-state index contributed by atoms with van der Waals surface area (Å²) in [6.45, 7) is 0. The summed E-state index contributed by atoms with van der Waals surface area (Å²) in [4.78, 5) is 20.6. The zero-order valence-electron chi connectivity index (χ0n) is 14.3. The van der Waals surface area contributed by atoms with Crippen LogP contribution in [0.3, 0.4) is 0 Å². The number of carboxylic acid groups (broad SMARTS) is 1. The number of carboxylic acids is 1. The summed E-state index contributed by atoms with van der Waals surface area (Å²) in [5.41, 5.74) is 2.18. The molecule has 1 aliphatic heterocycles. The van der Waals surface area contributed by atoms with Gasteiger partial charge in [-0.05, 0) is 41.9 Å². The van der Waals surface area contributed by atoms with Gasteiger partial charge in [0.1, 0.15) is 11.6 Å². The summed E-state index contributed by atoms with van der Waals surface area (Å²) in [5.74, 6) is 1.12. The third kappa shape index (κ3) is 3.08. The summed E-state index contributed by atoms with van der Waals surface area (Å²) in [5, 5.41) is 25.0. The lowest BCUT2D eigenvalue weighted by atomic mass is 10.2. The molecule has 0 spiro atoms. The van der Waals surface area contributed by atoms with Crippen LogP contribution in [0, 0.1) is 0 Å². The number of aromatic nitrogens is 4. The molecule has 2 aromatic heterocycles. The van der Waals surface area contributed by atoms with Gasteiger partial charge in [-0.1, -0.05) is 12.1 Å². The fraction of sp³-hybridized carbons (Fsp3) is 0.158. The van der Waals surface area contributed by atoms with Gasteiger partial charge in [-0.3, -0.25) is 5.10 Å². The second-order valence-corrected chi connectivity index (χ2v) is 8.38. The van der Waals surface area contributed by atoms with Crippen molar-refractivity contribution in [1.29, 1.82) is 0 Å². The number of rotatable bonds is 5. The van der Waals surface area contributed by atoms with Crippen LogP contribution in [0.4, 0.5) is 11.6 Å². The maximum Gasteiger partial charge on any atom is 0.336 e. The van der Waals surface area contributed by atoms with E-state index in [0.717, 1.165) is 22.4 Å². The third-order valence-corrected chi connectivity index (χ3v) is 6.30. The minimum Gasteiger partial charge on any atom is -0.478 e. The summed E-state index contributed by atoms with van der Waals surface area (Å²) in [7, 11) is -0.983. The van der Waals surface area contributed by atoms with Crippen LogP contribution in [-0.4, -0.2) is 31.2 Å². The number of hydrogen-bond donors (Lipinski definition) is 4. The average molecular weight is 379 g/mol. The molecular formula is C19H17N5O2S. The molecule has 3 aromatic rings. The van der Waals surface area contributed by atoms with Crippen molar-refractivity contribution >= 4 is 39.4 Å². The van der Waals surface area contributed by atoms with Crippen LogP contribution in [0.2, 0.25) is 0 Å². The van der Waals surface area contributed by atoms with E-state index < -0.39 is 16.9 Å². The highest BCUT2D eigenvalue weighted by molar-refractivity contribution is 8.22. The van der Waals surface area contributed by atoms with Crippen LogP contribution < -0.4 is 5.32 Å². The van der Waals surface area contributed by atoms with Crippen LogP contribution in [-0.2, 0) is 4.79 Å². The number of aromatic amines is 1. The summed E-state index contributed by atoms with van der Waals surface area (Å²) >= 11 is 0. The lowest BCUT2D eigenvalue weighted by Gasteiger charge is -2.13. The Kier molecular flexibility index (Phi) is 3.71. The van der Waals surface area contributed by atoms with E-state index in [1.807, 2.05) is 35.7 Å². The minimum atomic E-state index is -0.983. The standard InChI is InChI=1S/C19H17N5O2S/c25-18(26)12-7-8-27(10-12)19-20-14-4-2-1-3-13(14)17(22-19)21-16-9-15(23-24-16)11-5-6-11/h1-4,7-11,27H,5-6H2,(H,25,26)(H2,20,21,22,23,24). The zero-order chi connectivity index (χ0) is 18.4. The molecule has 8 heteroatoms. The normalized spacial score (nSPS) is 20.0. The van der Waals surface area contributed by atoms with Gasteiger partial charge in [0.25, 0.3) is 0 Å². The van der Waals surface area contributed by atoms with Gasteiger partial charge >= 0.3 is 5.97 Å². The van der Waals surface area contributed by atoms with Crippen molar-refractivity contribution < 1.29 is 9.90 Å². The number of anilines is 2. The Morgan fingerprint density at radius 2 is 2.11 bits per heavy atom. The molecule has 136 valence electrons. The fourth-order valence-corrected chi connectivity index (χ4v) is 4.63. The number of nitrogens with one attached hydrogen (secondary N) is 2. The van der Waals surface area contributed by atoms with Crippen LogP contribution in [0.15, 0.2) is 58.0 Å². The number of carbonyl (C=O) groups is 1. The Morgan fingerprint density at radius 3 is 2.89 bits per heavy atom. The Hall–Kier alpha value is -3.13. The first-order chi connectivity index (χ1) is 13.2. The molecule has 0 radical (unpaired) electrons. The van der Waals surface area contributed by atoms with E-state index in [1.165, 1.54) is 12.8 Å². The topological polar surface area (TPSA) is 104 Å². The first-order valence-corrected chi connectivity index (χ1v) is 10.2. The Bertz CT molecular complexity index is 1120. The fourth-order valence-electron chi connectivity index (χ4n) is 3.04. The second kappa shape index (κ2) is 6.24. The zero-order valence-corrected chi connectivity index (χ0v) is 15.1. The van der Waals surface area contributed by atoms with Crippen LogP contribution in [0.5, 0.6) is 0 Å². The van der Waals surface area contributed by atoms with Gasteiger partial charge < -0.3 is 10.4 Å². The number of benzene rings is 1. The highest BCUT2D eigenvalue weighted by Crippen LogP contribution is 2.44. The molecule has 3 N–H and O–H groups in total. The molecule has 2 aliphatic rings. The summed E-state index contributed by atoms with van der Waals surface area (Å²) < 4.78 is 0. The molecule has 27 heavy (non-hydrogen) atoms. The summed E-state index contributed by atoms with van der Waals surface area (Å²) in [6.07, 6.45) is 4.01. The Balaban J connectivity index is 1.54. The number of H-pyrrole nitrogens is 1. The van der Waals surface area contributed by atoms with Crippen LogP contribution >= 0.6 is 10.9 Å². The monoisotopic (exact) mass is 379 g/mol. The number of para-hydroxylation sites is 1. The molecule has 1 saturated carbocycles. The molecule has 1 unspecified atom stereocenters. The molecule has 1 aromatic carbocycles. The first-order valence-electron chi connectivity index (χ1n) is 8.68. The summed E-state index contributed by atoms with van der Waals surface area (Å²) in [6, 6.07) is 9.81. The minimum absolute atomic E-state index is 0.287. The molecule has 5 rings (SSSR count). The molecule has 3 heterocycles. The van der Waals surface area contributed by atoms with Gasteiger partial charge in [0.15, 0.2) is 5.16 Å². The van der Waals surface area contributed by atoms with E-state index in [9.17, 15) is 9.90 Å². The van der Waals surface area contributed by atoms with Crippen molar-refractivity contribution in [3.05, 3.63) is 58.5 Å². The van der Waals surface area contributed by atoms with E-state index in [-0.39, 0.29) is 5.57 Å². The predicted octanol–water partition coefficient (Wildman–Crippen LogP) is 3.83. The van der Waals surface area contributed by atoms with E-state index in [1.54, 1.807) is 11.5 Å². The van der Waals surface area contributed by atoms with Gasteiger partial charge in [0, 0.05) is 17.4 Å². The van der Waals surface area contributed by atoms with E-state index in [4.69, 9.17) is 4.98 Å². The van der Waals surface area contributed by atoms with Crippen molar-refractivity contribution in [2.45, 2.75) is 23.9 Å². The first kappa shape index (κ1) is 16.1. The highest BCUT2D eigenvalue weighted by Gasteiger charge is 2.26. The molecule has 7 nitrogen and oxygen atoms in total. The van der Waals surface area contributed by atoms with E-state index in [2.05, 4.69) is 20.5 Å². The molecule has 1 fully saturated rings. The molecular weight excluding hydrogens is 362 g/mol. The SMILES string of the molecule is O=C(O)C1=C[SH](c2nc(Nc3cc(C4CC4)n[nH]3)c3ccccc3n2)C=C1. The molecule has 1 aliphatic carbocycles. The van der Waals surface area contributed by atoms with E-state index in [0.29, 0.717) is 16.9 Å². The Labute approximate surface area is 157 Å². The van der Waals surface area contributed by atoms with Gasteiger partial charge in [-0.2, -0.15) is 16.0 Å². The van der Waals surface area contributed by atoms with Crippen LogP contribution in [0.25, 0.3) is 10.9 Å². The third-order valence-electron chi connectivity index (χ3n) is 4.61. The van der Waals surface area contributed by atoms with Crippen molar-refractivity contribution in [3.63, 3.8) is 0 Å². The molecule has 1 atom stereocenters. The largest absolute Gasteiger partial charge is 0.478 e. The van der Waals surface area contributed by atoms with E-state index >= 15 is 0 Å². The van der Waals surface area contributed by atoms with Gasteiger partial charge in [0.2, 0.25) is 0 Å². The lowest BCUT2D eigenvalue weighted by molar-refractivity contribution is -0.132. The maximum absolute atomic E-state index is 11.2. The van der Waals surface area contributed by atoms with Crippen molar-refractivity contribution in [2.75, 3.05) is 5.32 Å². The molecule has 0 bridgehead atoms. The Morgan fingerprint density at radius 1 is 1.26 bits per heavy atom. The number of aliphatic carboxylic acids is 1. The highest BCUT2D eigenvalue weighted by atomic mass is 32.2. The molecule has 0 saturated heterocycles. The predicted molar refractivity (Wildman–Crippen MR) is 105 cm³/mol. The number of thiol groups is 1. The number of hydrogen-bond acceptors (Lipinski definition) is 5. The van der Waals surface area contributed by atoms with Crippen molar-refractivity contribution in [2.24, 2.45) is 0 Å². The van der Waals surface area contributed by atoms with Crippen molar-refractivity contribution in [1.82, 2.24) is 20.2 Å². The number of nitrogens with zero attached hydrogens (tertiary/aromatic N) is 3. The molecule has 0 amide bonds. The smallest absolute Gasteiger partial charge is 0.336 e. The van der Waals surface area contributed by atoms with Gasteiger partial charge in [0.05, 0.1) is 16.8 Å². The number of fused-ring (bicyclic) bond motifs is 1. The van der Waals surface area contributed by atoms with Gasteiger partial charge in [-0.15, -0.1) is 0 Å². The lowest BCUT2D eigenvalue weighted by Crippen LogP contribution is -2.00. The van der Waals surface area contributed by atoms with Crippen LogP contribution in [0.1, 0.15) is 24.5 Å². The maximum atomic E-state index is 11.2. The second-order valence-electron chi connectivity index (χ2n) is 6.61. The van der Waals surface area contributed by atoms with Crippen molar-refractivity contribution in [3.8, 4) is 0 Å².